The Morgan fingerprint density at radius 1 is 1.33 bits per heavy atom. The van der Waals surface area contributed by atoms with Crippen molar-refractivity contribution in [1.29, 1.82) is 0 Å². The van der Waals surface area contributed by atoms with E-state index in [1.807, 2.05) is 23.0 Å². The lowest BCUT2D eigenvalue weighted by atomic mass is 9.94. The number of hydrogen-bond donors (Lipinski definition) is 0. The van der Waals surface area contributed by atoms with Gasteiger partial charge in [0.15, 0.2) is 11.5 Å². The molecule has 0 unspecified atom stereocenters. The molecule has 2 aromatic heterocycles. The molecule has 0 radical (unpaired) electrons. The van der Waals surface area contributed by atoms with Crippen LogP contribution < -0.4 is 4.90 Å². The van der Waals surface area contributed by atoms with Crippen LogP contribution in [-0.2, 0) is 0 Å². The van der Waals surface area contributed by atoms with Gasteiger partial charge in [-0.3, -0.25) is 0 Å². The van der Waals surface area contributed by atoms with E-state index in [4.69, 9.17) is 0 Å². The first-order valence-corrected chi connectivity index (χ1v) is 7.27. The van der Waals surface area contributed by atoms with Gasteiger partial charge >= 0.3 is 0 Å². The predicted octanol–water partition coefficient (Wildman–Crippen LogP) is 3.26. The molecule has 5 heteroatoms. The first-order chi connectivity index (χ1) is 8.75. The Balaban J connectivity index is 1.99. The summed E-state index contributed by atoms with van der Waals surface area (Å²) in [4.78, 5) is 11.3. The van der Waals surface area contributed by atoms with Crippen LogP contribution in [0.4, 0.5) is 5.82 Å². The van der Waals surface area contributed by atoms with Gasteiger partial charge in [0, 0.05) is 31.7 Å². The minimum Gasteiger partial charge on any atom is -0.354 e. The van der Waals surface area contributed by atoms with Gasteiger partial charge in [0.2, 0.25) is 0 Å². The topological polar surface area (TPSA) is 33.4 Å². The third-order valence-electron chi connectivity index (χ3n) is 3.78. The van der Waals surface area contributed by atoms with Crippen LogP contribution in [0, 0.1) is 0 Å². The van der Waals surface area contributed by atoms with E-state index < -0.39 is 0 Å². The van der Waals surface area contributed by atoms with Crippen molar-refractivity contribution >= 4 is 27.4 Å². The molecule has 1 saturated carbocycles. The molecule has 0 N–H and O–H groups in total. The molecule has 2 aromatic rings. The molecule has 1 aliphatic rings. The zero-order valence-electron chi connectivity index (χ0n) is 10.5. The zero-order valence-corrected chi connectivity index (χ0v) is 12.1. The highest BCUT2D eigenvalue weighted by atomic mass is 79.9. The lowest BCUT2D eigenvalue weighted by molar-refractivity contribution is 0.426. The fourth-order valence-electron chi connectivity index (χ4n) is 2.76. The molecule has 0 aromatic carbocycles. The Labute approximate surface area is 115 Å². The molecule has 1 aliphatic carbocycles. The van der Waals surface area contributed by atoms with Gasteiger partial charge in [-0.1, -0.05) is 19.3 Å². The van der Waals surface area contributed by atoms with Gasteiger partial charge in [-0.15, -0.1) is 0 Å². The summed E-state index contributed by atoms with van der Waals surface area (Å²) in [5, 5.41) is 0. The molecule has 0 atom stereocenters. The lowest BCUT2D eigenvalue weighted by Gasteiger charge is -2.32. The van der Waals surface area contributed by atoms with E-state index in [2.05, 4.69) is 37.8 Å². The van der Waals surface area contributed by atoms with Crippen LogP contribution in [0.25, 0.3) is 5.65 Å². The van der Waals surface area contributed by atoms with Gasteiger partial charge < -0.3 is 9.30 Å². The number of hydrogen-bond acceptors (Lipinski definition) is 3. The first-order valence-electron chi connectivity index (χ1n) is 6.48. The van der Waals surface area contributed by atoms with Gasteiger partial charge in [0.1, 0.15) is 4.60 Å². The largest absolute Gasteiger partial charge is 0.354 e. The quantitative estimate of drug-likeness (QED) is 0.854. The second kappa shape index (κ2) is 4.88. The van der Waals surface area contributed by atoms with Crippen molar-refractivity contribution in [2.75, 3.05) is 11.9 Å². The van der Waals surface area contributed by atoms with Gasteiger partial charge in [0.05, 0.1) is 0 Å². The third kappa shape index (κ3) is 2.11. The van der Waals surface area contributed by atoms with Crippen molar-refractivity contribution in [3.8, 4) is 0 Å². The highest BCUT2D eigenvalue weighted by Gasteiger charge is 2.21. The smallest absolute Gasteiger partial charge is 0.180 e. The zero-order chi connectivity index (χ0) is 12.5. The van der Waals surface area contributed by atoms with Crippen LogP contribution in [0.5, 0.6) is 0 Å². The number of imidazole rings is 1. The molecule has 1 fully saturated rings. The van der Waals surface area contributed by atoms with Gasteiger partial charge in [0.25, 0.3) is 0 Å². The Kier molecular flexibility index (Phi) is 3.24. The molecule has 4 nitrogen and oxygen atoms in total. The Morgan fingerprint density at radius 2 is 2.11 bits per heavy atom. The monoisotopic (exact) mass is 308 g/mol. The highest BCUT2D eigenvalue weighted by Crippen LogP contribution is 2.28. The molecule has 0 bridgehead atoms. The lowest BCUT2D eigenvalue weighted by Crippen LogP contribution is -2.34. The number of rotatable bonds is 2. The predicted molar refractivity (Wildman–Crippen MR) is 76.0 cm³/mol. The number of nitrogens with zero attached hydrogens (tertiary/aromatic N) is 4. The summed E-state index contributed by atoms with van der Waals surface area (Å²) in [5.74, 6) is 0.973. The molecular weight excluding hydrogens is 292 g/mol. The maximum atomic E-state index is 4.61. The molecule has 0 aliphatic heterocycles. The van der Waals surface area contributed by atoms with Crippen LogP contribution >= 0.6 is 15.9 Å². The van der Waals surface area contributed by atoms with Gasteiger partial charge in [-0.05, 0) is 28.8 Å². The molecule has 3 rings (SSSR count). The fourth-order valence-corrected chi connectivity index (χ4v) is 3.15. The molecule has 0 spiro atoms. The summed E-state index contributed by atoms with van der Waals surface area (Å²) < 4.78 is 2.87. The van der Waals surface area contributed by atoms with Crippen molar-refractivity contribution < 1.29 is 0 Å². The number of fused-ring (bicyclic) bond motifs is 1. The standard InChI is InChI=1S/C13H17BrN4/c1-17(10-5-3-2-4-6-10)13-12-15-7-8-18(12)9-11(14)16-13/h7-10H,2-6H2,1H3. The van der Waals surface area contributed by atoms with Crippen molar-refractivity contribution in [3.05, 3.63) is 23.2 Å². The maximum absolute atomic E-state index is 4.61. The number of anilines is 1. The normalized spacial score (nSPS) is 17.2. The number of aromatic nitrogens is 3. The third-order valence-corrected chi connectivity index (χ3v) is 4.17. The molecule has 0 amide bonds. The summed E-state index contributed by atoms with van der Waals surface area (Å²) in [5.41, 5.74) is 0.936. The summed E-state index contributed by atoms with van der Waals surface area (Å²) in [6.45, 7) is 0. The minimum absolute atomic E-state index is 0.598. The van der Waals surface area contributed by atoms with Crippen LogP contribution in [-0.4, -0.2) is 27.5 Å². The van der Waals surface area contributed by atoms with Crippen LogP contribution in [0.15, 0.2) is 23.2 Å². The van der Waals surface area contributed by atoms with E-state index >= 15 is 0 Å². The average Bonchev–Trinajstić information content (AvgIpc) is 2.86. The Bertz CT molecular complexity index is 545. The Morgan fingerprint density at radius 3 is 2.89 bits per heavy atom. The van der Waals surface area contributed by atoms with E-state index in [-0.39, 0.29) is 0 Å². The molecule has 0 saturated heterocycles. The summed E-state index contributed by atoms with van der Waals surface area (Å²) in [7, 11) is 2.14. The van der Waals surface area contributed by atoms with E-state index in [1.165, 1.54) is 32.1 Å². The first kappa shape index (κ1) is 12.0. The van der Waals surface area contributed by atoms with Crippen molar-refractivity contribution in [1.82, 2.24) is 14.4 Å². The summed E-state index contributed by atoms with van der Waals surface area (Å²) in [6.07, 6.45) is 12.3. The second-order valence-corrected chi connectivity index (χ2v) is 5.76. The second-order valence-electron chi connectivity index (χ2n) is 4.95. The number of halogens is 1. The fraction of sp³-hybridized carbons (Fsp3) is 0.538. The van der Waals surface area contributed by atoms with Crippen molar-refractivity contribution in [2.24, 2.45) is 0 Å². The molecular formula is C13H17BrN4. The van der Waals surface area contributed by atoms with Crippen molar-refractivity contribution in [3.63, 3.8) is 0 Å². The van der Waals surface area contributed by atoms with Crippen molar-refractivity contribution in [2.45, 2.75) is 38.1 Å². The Hall–Kier alpha value is -1.10. The van der Waals surface area contributed by atoms with E-state index in [0.717, 1.165) is 16.1 Å². The molecule has 96 valence electrons. The van der Waals surface area contributed by atoms with Crippen LogP contribution in [0.2, 0.25) is 0 Å². The summed E-state index contributed by atoms with van der Waals surface area (Å²) in [6, 6.07) is 0.598. The van der Waals surface area contributed by atoms with E-state index in [0.29, 0.717) is 6.04 Å². The minimum atomic E-state index is 0.598. The van der Waals surface area contributed by atoms with Gasteiger partial charge in [-0.2, -0.15) is 0 Å². The van der Waals surface area contributed by atoms with Crippen LogP contribution in [0.3, 0.4) is 0 Å². The van der Waals surface area contributed by atoms with Gasteiger partial charge in [-0.25, -0.2) is 9.97 Å². The highest BCUT2D eigenvalue weighted by molar-refractivity contribution is 9.10. The van der Waals surface area contributed by atoms with E-state index in [9.17, 15) is 0 Å². The maximum Gasteiger partial charge on any atom is 0.180 e. The summed E-state index contributed by atoms with van der Waals surface area (Å²) >= 11 is 3.47. The van der Waals surface area contributed by atoms with Crippen LogP contribution in [0.1, 0.15) is 32.1 Å². The average molecular weight is 309 g/mol. The van der Waals surface area contributed by atoms with E-state index in [1.54, 1.807) is 0 Å². The molecule has 18 heavy (non-hydrogen) atoms. The molecule has 2 heterocycles. The SMILES string of the molecule is CN(c1nc(Br)cn2ccnc12)C1CCCCC1.